The fourth-order valence-electron chi connectivity index (χ4n) is 4.71. The van der Waals surface area contributed by atoms with Crippen molar-refractivity contribution in [3.05, 3.63) is 11.8 Å². The average Bonchev–Trinajstić information content (AvgIpc) is 3.25. The van der Waals surface area contributed by atoms with Crippen molar-refractivity contribution >= 4 is 17.6 Å². The van der Waals surface area contributed by atoms with Gasteiger partial charge in [0, 0.05) is 38.2 Å². The Bertz CT molecular complexity index is 753. The Morgan fingerprint density at radius 3 is 2.89 bits per heavy atom. The number of amides is 2. The maximum absolute atomic E-state index is 13.6. The molecular weight excluding hydrogens is 368 g/mol. The fourth-order valence-corrected chi connectivity index (χ4v) is 4.71. The lowest BCUT2D eigenvalue weighted by Gasteiger charge is -2.41. The number of aryl methyl sites for hydroxylation is 1. The predicted molar refractivity (Wildman–Crippen MR) is 99.2 cm³/mol. The van der Waals surface area contributed by atoms with Crippen LogP contribution in [-0.2, 0) is 9.59 Å². The number of fused-ring (bicyclic) bond motifs is 1. The van der Waals surface area contributed by atoms with Crippen LogP contribution in [0.1, 0.15) is 43.8 Å². The Morgan fingerprint density at radius 1 is 1.36 bits per heavy atom. The number of rotatable bonds is 4. The lowest BCUT2D eigenvalue weighted by Crippen LogP contribution is -2.50. The third kappa shape index (κ3) is 3.71. The van der Waals surface area contributed by atoms with Crippen LogP contribution in [0, 0.1) is 12.8 Å². The third-order valence-corrected chi connectivity index (χ3v) is 6.17. The van der Waals surface area contributed by atoms with E-state index in [1.807, 2.05) is 0 Å². The SMILES string of the molecule is Cc1cc2n(n1)[C@@H](C(F)F)C[C@@H]([C@H]1CCCN(C(=O)CN3CCCC3=O)C1)N2. The fraction of sp³-hybridized carbons (Fsp3) is 0.737. The molecule has 0 spiro atoms. The summed E-state index contributed by atoms with van der Waals surface area (Å²) in [5.74, 6) is 0.740. The van der Waals surface area contributed by atoms with Gasteiger partial charge in [-0.05, 0) is 38.5 Å². The Balaban J connectivity index is 1.43. The van der Waals surface area contributed by atoms with Crippen LogP contribution in [0.4, 0.5) is 14.6 Å². The number of halogens is 2. The molecule has 2 amide bonds. The zero-order valence-corrected chi connectivity index (χ0v) is 16.1. The van der Waals surface area contributed by atoms with Gasteiger partial charge in [0.1, 0.15) is 11.9 Å². The van der Waals surface area contributed by atoms with Crippen molar-refractivity contribution in [2.75, 3.05) is 31.5 Å². The Morgan fingerprint density at radius 2 is 2.18 bits per heavy atom. The topological polar surface area (TPSA) is 70.5 Å². The number of likely N-dealkylation sites (tertiary alicyclic amines) is 2. The highest BCUT2D eigenvalue weighted by Gasteiger charge is 2.39. The summed E-state index contributed by atoms with van der Waals surface area (Å²) < 4.78 is 28.7. The number of alkyl halides is 2. The zero-order chi connectivity index (χ0) is 19.8. The van der Waals surface area contributed by atoms with Crippen molar-refractivity contribution in [1.82, 2.24) is 19.6 Å². The minimum Gasteiger partial charge on any atom is -0.367 e. The van der Waals surface area contributed by atoms with Crippen LogP contribution in [0.3, 0.4) is 0 Å². The maximum Gasteiger partial charge on any atom is 0.260 e. The van der Waals surface area contributed by atoms with Gasteiger partial charge in [0.25, 0.3) is 6.43 Å². The molecule has 7 nitrogen and oxygen atoms in total. The number of carbonyl (C=O) groups is 2. The lowest BCUT2D eigenvalue weighted by molar-refractivity contribution is -0.139. The molecule has 0 bridgehead atoms. The second-order valence-electron chi connectivity index (χ2n) is 8.16. The predicted octanol–water partition coefficient (Wildman–Crippen LogP) is 2.04. The summed E-state index contributed by atoms with van der Waals surface area (Å²) >= 11 is 0. The molecule has 1 N–H and O–H groups in total. The summed E-state index contributed by atoms with van der Waals surface area (Å²) in [5, 5.41) is 7.59. The summed E-state index contributed by atoms with van der Waals surface area (Å²) in [7, 11) is 0. The smallest absolute Gasteiger partial charge is 0.260 e. The summed E-state index contributed by atoms with van der Waals surface area (Å²) in [6.07, 6.45) is 0.883. The van der Waals surface area contributed by atoms with E-state index in [9.17, 15) is 18.4 Å². The van der Waals surface area contributed by atoms with Gasteiger partial charge in [0.2, 0.25) is 11.8 Å². The van der Waals surface area contributed by atoms with E-state index in [1.54, 1.807) is 22.8 Å². The first kappa shape index (κ1) is 19.1. The number of piperidine rings is 1. The molecule has 3 atom stereocenters. The number of aromatic nitrogens is 2. The highest BCUT2D eigenvalue weighted by Crippen LogP contribution is 2.36. The number of hydrogen-bond acceptors (Lipinski definition) is 4. The van der Waals surface area contributed by atoms with Gasteiger partial charge >= 0.3 is 0 Å². The van der Waals surface area contributed by atoms with Gasteiger partial charge in [-0.1, -0.05) is 0 Å². The molecule has 2 fully saturated rings. The molecule has 0 aliphatic carbocycles. The second-order valence-corrected chi connectivity index (χ2v) is 8.16. The summed E-state index contributed by atoms with van der Waals surface area (Å²) in [6, 6.07) is 0.738. The zero-order valence-electron chi connectivity index (χ0n) is 16.1. The number of nitrogens with one attached hydrogen (secondary N) is 1. The van der Waals surface area contributed by atoms with E-state index in [4.69, 9.17) is 0 Å². The van der Waals surface area contributed by atoms with Crippen LogP contribution in [0.25, 0.3) is 0 Å². The molecule has 1 aromatic rings. The minimum atomic E-state index is -2.48. The van der Waals surface area contributed by atoms with Crippen molar-refractivity contribution in [2.45, 2.75) is 57.5 Å². The van der Waals surface area contributed by atoms with E-state index in [2.05, 4.69) is 10.4 Å². The van der Waals surface area contributed by atoms with E-state index >= 15 is 0 Å². The van der Waals surface area contributed by atoms with Gasteiger partial charge in [-0.2, -0.15) is 5.10 Å². The van der Waals surface area contributed by atoms with Gasteiger partial charge in [-0.3, -0.25) is 9.59 Å². The molecule has 3 aliphatic rings. The van der Waals surface area contributed by atoms with Gasteiger partial charge in [0.15, 0.2) is 0 Å². The second kappa shape index (κ2) is 7.67. The van der Waals surface area contributed by atoms with Crippen LogP contribution >= 0.6 is 0 Å². The van der Waals surface area contributed by atoms with E-state index in [0.717, 1.165) is 19.3 Å². The first-order valence-corrected chi connectivity index (χ1v) is 10.1. The first-order valence-electron chi connectivity index (χ1n) is 10.1. The largest absolute Gasteiger partial charge is 0.367 e. The summed E-state index contributed by atoms with van der Waals surface area (Å²) in [4.78, 5) is 27.9. The molecule has 0 radical (unpaired) electrons. The van der Waals surface area contributed by atoms with E-state index in [0.29, 0.717) is 44.0 Å². The molecule has 28 heavy (non-hydrogen) atoms. The molecule has 0 aromatic carbocycles. The van der Waals surface area contributed by atoms with Crippen molar-refractivity contribution in [3.63, 3.8) is 0 Å². The van der Waals surface area contributed by atoms with Crippen molar-refractivity contribution in [2.24, 2.45) is 5.92 Å². The van der Waals surface area contributed by atoms with Crippen molar-refractivity contribution in [3.8, 4) is 0 Å². The molecule has 0 saturated carbocycles. The van der Waals surface area contributed by atoms with E-state index in [-0.39, 0.29) is 30.3 Å². The Labute approximate surface area is 163 Å². The molecule has 3 aliphatic heterocycles. The average molecular weight is 395 g/mol. The van der Waals surface area contributed by atoms with Gasteiger partial charge in [-0.25, -0.2) is 13.5 Å². The molecule has 4 rings (SSSR count). The lowest BCUT2D eigenvalue weighted by atomic mass is 9.86. The van der Waals surface area contributed by atoms with Gasteiger partial charge in [0.05, 0.1) is 12.2 Å². The van der Waals surface area contributed by atoms with Gasteiger partial charge < -0.3 is 15.1 Å². The monoisotopic (exact) mass is 395 g/mol. The van der Waals surface area contributed by atoms with Gasteiger partial charge in [-0.15, -0.1) is 0 Å². The van der Waals surface area contributed by atoms with Crippen molar-refractivity contribution < 1.29 is 18.4 Å². The molecule has 0 unspecified atom stereocenters. The van der Waals surface area contributed by atoms with Crippen LogP contribution in [-0.4, -0.2) is 70.0 Å². The number of carbonyl (C=O) groups excluding carboxylic acids is 2. The molecular formula is C19H27F2N5O2. The highest BCUT2D eigenvalue weighted by molar-refractivity contribution is 5.85. The van der Waals surface area contributed by atoms with E-state index < -0.39 is 12.5 Å². The first-order chi connectivity index (χ1) is 13.4. The van der Waals surface area contributed by atoms with Crippen molar-refractivity contribution in [1.29, 1.82) is 0 Å². The number of anilines is 1. The van der Waals surface area contributed by atoms with Crippen LogP contribution in [0.5, 0.6) is 0 Å². The molecule has 4 heterocycles. The summed E-state index contributed by atoms with van der Waals surface area (Å²) in [5.41, 5.74) is 0.713. The van der Waals surface area contributed by atoms with Crippen LogP contribution in [0.2, 0.25) is 0 Å². The molecule has 2 saturated heterocycles. The summed E-state index contributed by atoms with van der Waals surface area (Å²) in [6.45, 7) is 3.78. The Hall–Kier alpha value is -2.19. The maximum atomic E-state index is 13.6. The van der Waals surface area contributed by atoms with Crippen LogP contribution in [0.15, 0.2) is 6.07 Å². The molecule has 1 aromatic heterocycles. The Kier molecular flexibility index (Phi) is 5.25. The quantitative estimate of drug-likeness (QED) is 0.847. The number of nitrogens with zero attached hydrogens (tertiary/aromatic N) is 4. The molecule has 9 heteroatoms. The van der Waals surface area contributed by atoms with E-state index in [1.165, 1.54) is 4.68 Å². The van der Waals surface area contributed by atoms with Crippen LogP contribution < -0.4 is 5.32 Å². The number of hydrogen-bond donors (Lipinski definition) is 1. The highest BCUT2D eigenvalue weighted by atomic mass is 19.3. The standard InChI is InChI=1S/C19H27F2N5O2/c1-12-8-16-22-14(9-15(19(20)21)26(16)23-12)13-4-2-6-24(10-13)18(28)11-25-7-3-5-17(25)27/h8,13-15,19,22H,2-7,9-11H2,1H3/t13-,14-,15+/m0/s1. The molecule has 154 valence electrons. The minimum absolute atomic E-state index is 0.0398. The third-order valence-electron chi connectivity index (χ3n) is 6.17. The normalized spacial score (nSPS) is 27.9.